The first-order valence-electron chi connectivity index (χ1n) is 16.9. The molecule has 2 aromatic carbocycles. The van der Waals surface area contributed by atoms with Crippen LogP contribution in [0.4, 0.5) is 0 Å². The lowest BCUT2D eigenvalue weighted by Crippen LogP contribution is -2.58. The highest BCUT2D eigenvalue weighted by Crippen LogP contribution is 2.40. The molecule has 10 heteroatoms. The van der Waals surface area contributed by atoms with Crippen molar-refractivity contribution >= 4 is 23.3 Å². The largest absolute Gasteiger partial charge is 0.348 e. The summed E-state index contributed by atoms with van der Waals surface area (Å²) in [5, 5.41) is 6.40. The van der Waals surface area contributed by atoms with Gasteiger partial charge in [-0.2, -0.15) is 0 Å². The first-order chi connectivity index (χ1) is 23.2. The van der Waals surface area contributed by atoms with E-state index in [9.17, 15) is 19.2 Å². The molecule has 6 atom stereocenters. The third-order valence-corrected chi connectivity index (χ3v) is 10.2. The Balaban J connectivity index is 1.56. The number of nitrogens with zero attached hydrogens (tertiary/aromatic N) is 3. The Kier molecular flexibility index (Phi) is 12.1. The average Bonchev–Trinajstić information content (AvgIpc) is 3.07. The van der Waals surface area contributed by atoms with E-state index in [4.69, 9.17) is 15.0 Å². The molecular weight excluding hydrogens is 620 g/mol. The molecule has 1 fully saturated rings. The summed E-state index contributed by atoms with van der Waals surface area (Å²) in [5.74, 6) is -0.603. The summed E-state index contributed by atoms with van der Waals surface area (Å²) in [6.45, 7) is 14.6. The molecule has 0 saturated carbocycles. The van der Waals surface area contributed by atoms with Crippen molar-refractivity contribution in [3.05, 3.63) is 104 Å². The number of ether oxygens (including phenoxy) is 2. The number of ketones is 3. The van der Waals surface area contributed by atoms with Crippen LogP contribution in [-0.4, -0.2) is 48.2 Å². The van der Waals surface area contributed by atoms with Crippen molar-refractivity contribution < 1.29 is 28.7 Å². The van der Waals surface area contributed by atoms with Crippen LogP contribution in [0.3, 0.4) is 0 Å². The summed E-state index contributed by atoms with van der Waals surface area (Å²) in [4.78, 5) is 54.7. The van der Waals surface area contributed by atoms with Gasteiger partial charge in [-0.15, -0.1) is 0 Å². The number of hydrogen-bond donors (Lipinski definition) is 1. The van der Waals surface area contributed by atoms with Crippen LogP contribution < -0.4 is 5.32 Å². The fourth-order valence-electron chi connectivity index (χ4n) is 7.11. The van der Waals surface area contributed by atoms with E-state index in [2.05, 4.69) is 36.1 Å². The van der Waals surface area contributed by atoms with Crippen LogP contribution in [0.15, 0.2) is 82.0 Å². The van der Waals surface area contributed by atoms with Crippen LogP contribution >= 0.6 is 0 Å². The number of azide groups is 1. The van der Waals surface area contributed by atoms with Gasteiger partial charge in [0.2, 0.25) is 5.91 Å². The molecule has 0 radical (unpaired) electrons. The van der Waals surface area contributed by atoms with Gasteiger partial charge in [0.25, 0.3) is 0 Å². The summed E-state index contributed by atoms with van der Waals surface area (Å²) >= 11 is 0. The number of carbonyl (C=O) groups excluding carboxylic acids is 4. The van der Waals surface area contributed by atoms with Crippen LogP contribution in [-0.2, 0) is 35.1 Å². The molecule has 10 nitrogen and oxygen atoms in total. The number of rotatable bonds is 13. The minimum absolute atomic E-state index is 0.0123. The van der Waals surface area contributed by atoms with Gasteiger partial charge in [-0.3, -0.25) is 19.2 Å². The molecule has 3 unspecified atom stereocenters. The van der Waals surface area contributed by atoms with Crippen LogP contribution in [0.5, 0.6) is 0 Å². The Morgan fingerprint density at radius 1 is 0.939 bits per heavy atom. The van der Waals surface area contributed by atoms with Gasteiger partial charge < -0.3 is 14.8 Å². The maximum Gasteiger partial charge on any atom is 0.226 e. The number of carbonyl (C=O) groups is 4. The third-order valence-electron chi connectivity index (χ3n) is 10.2. The monoisotopic (exact) mass is 668 g/mol. The van der Waals surface area contributed by atoms with Crippen molar-refractivity contribution in [2.45, 2.75) is 99.2 Å². The number of amides is 1. The highest BCUT2D eigenvalue weighted by Gasteiger charge is 2.43. The van der Waals surface area contributed by atoms with E-state index in [1.807, 2.05) is 68.4 Å². The fraction of sp³-hybridized carbons (Fsp3) is 0.487. The van der Waals surface area contributed by atoms with Crippen molar-refractivity contribution in [3.8, 4) is 0 Å². The standard InChI is InChI=1S/C39H48N4O6/c1-9-31-22(2)23(3)34(42-32(45)21-41-43-40)38(48-31)49-37(28-13-11-10-12-14-28)29-17-15-27(16-18-29)19-30(44)20-39(7,8)33-26(6)35(46)24(4)25(5)36(33)47/h10-18,22-23,31,34,37-38H,9,19-21H2,1-8H3,(H,42,45)/t22-,23-,31?,34?,37?,38-/m0/s1. The molecular formula is C39H48N4O6. The number of Topliss-reactive ketones (excluding diaryl/α,β-unsaturated/α-hetero) is 3. The van der Waals surface area contributed by atoms with Gasteiger partial charge in [-0.25, -0.2) is 0 Å². The molecule has 4 rings (SSSR count). The van der Waals surface area contributed by atoms with Crippen molar-refractivity contribution in [1.82, 2.24) is 5.32 Å². The number of hydrogen-bond acceptors (Lipinski definition) is 7. The minimum Gasteiger partial charge on any atom is -0.348 e. The molecule has 0 bridgehead atoms. The summed E-state index contributed by atoms with van der Waals surface area (Å²) in [6, 6.07) is 16.9. The number of allylic oxidation sites excluding steroid dienone is 4. The topological polar surface area (TPSA) is 148 Å². The Morgan fingerprint density at radius 2 is 1.55 bits per heavy atom. The van der Waals surface area contributed by atoms with Gasteiger partial charge in [0, 0.05) is 45.5 Å². The van der Waals surface area contributed by atoms with Crippen molar-refractivity contribution in [1.29, 1.82) is 0 Å². The maximum absolute atomic E-state index is 13.4. The zero-order chi connectivity index (χ0) is 36.0. The molecule has 2 aromatic rings. The summed E-state index contributed by atoms with van der Waals surface area (Å²) in [5.41, 5.74) is 12.2. The Labute approximate surface area is 289 Å². The molecule has 49 heavy (non-hydrogen) atoms. The SMILES string of the molecule is CCC1O[C@@H](OC(c2ccccc2)c2ccc(CC(=O)CC(C)(C)C3=C(C)C(=O)C(C)=C(C)C3=O)cc2)C(NC(=O)CN=[N+]=[N-])[C@@H](C)[C@@H]1C. The predicted octanol–water partition coefficient (Wildman–Crippen LogP) is 7.33. The molecule has 1 heterocycles. The van der Waals surface area contributed by atoms with E-state index in [-0.39, 0.29) is 54.7 Å². The van der Waals surface area contributed by atoms with E-state index in [0.717, 1.165) is 23.1 Å². The molecule has 1 aliphatic carbocycles. The van der Waals surface area contributed by atoms with Crippen molar-refractivity contribution in [2.75, 3.05) is 6.54 Å². The fourth-order valence-corrected chi connectivity index (χ4v) is 7.11. The van der Waals surface area contributed by atoms with Crippen molar-refractivity contribution in [3.63, 3.8) is 0 Å². The summed E-state index contributed by atoms with van der Waals surface area (Å²) in [7, 11) is 0. The summed E-state index contributed by atoms with van der Waals surface area (Å²) < 4.78 is 13.2. The van der Waals surface area contributed by atoms with Crippen LogP contribution in [0.25, 0.3) is 10.4 Å². The zero-order valence-corrected chi connectivity index (χ0v) is 29.8. The lowest BCUT2D eigenvalue weighted by atomic mass is 9.70. The molecule has 1 N–H and O–H groups in total. The second-order valence-corrected chi connectivity index (χ2v) is 14.0. The second kappa shape index (κ2) is 15.9. The zero-order valence-electron chi connectivity index (χ0n) is 29.8. The van der Waals surface area contributed by atoms with Crippen molar-refractivity contribution in [2.24, 2.45) is 22.4 Å². The van der Waals surface area contributed by atoms with Crippen LogP contribution in [0.1, 0.15) is 91.0 Å². The Morgan fingerprint density at radius 3 is 2.16 bits per heavy atom. The smallest absolute Gasteiger partial charge is 0.226 e. The van der Waals surface area contributed by atoms with Gasteiger partial charge >= 0.3 is 0 Å². The second-order valence-electron chi connectivity index (χ2n) is 14.0. The Bertz CT molecular complexity index is 1690. The van der Waals surface area contributed by atoms with Gasteiger partial charge in [0.1, 0.15) is 18.4 Å². The molecule has 2 aliphatic rings. The molecule has 1 amide bonds. The first-order valence-corrected chi connectivity index (χ1v) is 16.9. The molecule has 1 aliphatic heterocycles. The van der Waals surface area contributed by atoms with Crippen LogP contribution in [0, 0.1) is 17.3 Å². The minimum atomic E-state index is -0.806. The highest BCUT2D eigenvalue weighted by atomic mass is 16.7. The van der Waals surface area contributed by atoms with E-state index < -0.39 is 29.8 Å². The molecule has 260 valence electrons. The molecule has 0 spiro atoms. The quantitative estimate of drug-likeness (QED) is 0.102. The number of nitrogens with one attached hydrogen (secondary N) is 1. The number of benzene rings is 2. The van der Waals surface area contributed by atoms with Gasteiger partial charge in [0.05, 0.1) is 12.1 Å². The normalized spacial score (nSPS) is 23.6. The maximum atomic E-state index is 13.4. The van der Waals surface area contributed by atoms with Gasteiger partial charge in [0.15, 0.2) is 17.9 Å². The van der Waals surface area contributed by atoms with E-state index in [1.54, 1.807) is 20.8 Å². The first kappa shape index (κ1) is 37.4. The third kappa shape index (κ3) is 8.44. The Hall–Kier alpha value is -4.37. The van der Waals surface area contributed by atoms with E-state index >= 15 is 0 Å². The average molecular weight is 669 g/mol. The van der Waals surface area contributed by atoms with Gasteiger partial charge in [-0.05, 0) is 61.2 Å². The van der Waals surface area contributed by atoms with Gasteiger partial charge in [-0.1, -0.05) is 94.3 Å². The predicted molar refractivity (Wildman–Crippen MR) is 187 cm³/mol. The summed E-state index contributed by atoms with van der Waals surface area (Å²) in [6.07, 6.45) is -0.351. The van der Waals surface area contributed by atoms with E-state index in [1.165, 1.54) is 0 Å². The van der Waals surface area contributed by atoms with E-state index in [0.29, 0.717) is 22.3 Å². The highest BCUT2D eigenvalue weighted by molar-refractivity contribution is 6.25. The lowest BCUT2D eigenvalue weighted by Gasteiger charge is -2.45. The molecule has 0 aromatic heterocycles. The lowest BCUT2D eigenvalue weighted by molar-refractivity contribution is -0.248. The molecule has 1 saturated heterocycles. The van der Waals surface area contributed by atoms with Crippen LogP contribution in [0.2, 0.25) is 0 Å².